The summed E-state index contributed by atoms with van der Waals surface area (Å²) in [6, 6.07) is 13.5. The molecule has 0 aliphatic carbocycles. The number of carbonyl (C=O) groups is 1. The second-order valence-corrected chi connectivity index (χ2v) is 4.12. The van der Waals surface area contributed by atoms with Crippen LogP contribution in [-0.2, 0) is 0 Å². The maximum Gasteiger partial charge on any atom is 0.322 e. The lowest BCUT2D eigenvalue weighted by atomic mass is 10.1. The van der Waals surface area contributed by atoms with Gasteiger partial charge in [-0.3, -0.25) is 5.32 Å². The third-order valence-electron chi connectivity index (χ3n) is 2.51. The summed E-state index contributed by atoms with van der Waals surface area (Å²) in [6.45, 7) is 0. The van der Waals surface area contributed by atoms with E-state index in [2.05, 4.69) is 10.3 Å². The average Bonchev–Trinajstić information content (AvgIpc) is 2.40. The predicted molar refractivity (Wildman–Crippen MR) is 72.4 cm³/mol. The maximum absolute atomic E-state index is 11.4. The molecule has 0 saturated heterocycles. The minimum absolute atomic E-state index is 0.185. The zero-order valence-corrected chi connectivity index (χ0v) is 10.4. The fourth-order valence-electron chi connectivity index (χ4n) is 1.49. The highest BCUT2D eigenvalue weighted by Crippen LogP contribution is 2.18. The molecule has 1 aromatic carbocycles. The summed E-state index contributed by atoms with van der Waals surface area (Å²) in [5, 5.41) is 2.70. The van der Waals surface area contributed by atoms with E-state index in [4.69, 9.17) is 0 Å². The highest BCUT2D eigenvalue weighted by molar-refractivity contribution is 5.88. The molecule has 2 aromatic rings. The molecule has 0 aliphatic heterocycles. The summed E-state index contributed by atoms with van der Waals surface area (Å²) >= 11 is 0. The third kappa shape index (κ3) is 2.85. The van der Waals surface area contributed by atoms with Crippen LogP contribution in [0.5, 0.6) is 0 Å². The molecule has 2 amide bonds. The Morgan fingerprint density at radius 2 is 1.78 bits per heavy atom. The Kier molecular flexibility index (Phi) is 3.57. The van der Waals surface area contributed by atoms with Gasteiger partial charge in [-0.15, -0.1) is 0 Å². The molecular formula is C14H15N3O. The molecule has 0 spiro atoms. The van der Waals surface area contributed by atoms with Crippen LogP contribution >= 0.6 is 0 Å². The van der Waals surface area contributed by atoms with Gasteiger partial charge in [0.15, 0.2) is 0 Å². The van der Waals surface area contributed by atoms with Crippen LogP contribution in [0.15, 0.2) is 48.7 Å². The molecule has 1 aromatic heterocycles. The van der Waals surface area contributed by atoms with Crippen molar-refractivity contribution in [1.82, 2.24) is 9.88 Å². The second-order valence-electron chi connectivity index (χ2n) is 4.12. The number of aromatic nitrogens is 1. The zero-order chi connectivity index (χ0) is 13.0. The van der Waals surface area contributed by atoms with E-state index in [1.807, 2.05) is 36.4 Å². The van der Waals surface area contributed by atoms with Crippen molar-refractivity contribution in [3.63, 3.8) is 0 Å². The molecule has 4 nitrogen and oxygen atoms in total. The number of anilines is 1. The number of hydrogen-bond donors (Lipinski definition) is 1. The summed E-state index contributed by atoms with van der Waals surface area (Å²) in [5.74, 6) is 0.549. The van der Waals surface area contributed by atoms with Crippen molar-refractivity contribution < 1.29 is 4.79 Å². The molecule has 2 rings (SSSR count). The molecule has 1 N–H and O–H groups in total. The minimum atomic E-state index is -0.185. The van der Waals surface area contributed by atoms with Gasteiger partial charge in [0, 0.05) is 25.9 Å². The summed E-state index contributed by atoms with van der Waals surface area (Å²) < 4.78 is 0. The third-order valence-corrected chi connectivity index (χ3v) is 2.51. The number of urea groups is 1. The molecule has 0 aliphatic rings. The first-order valence-electron chi connectivity index (χ1n) is 5.66. The van der Waals surface area contributed by atoms with Crippen LogP contribution in [0.3, 0.4) is 0 Å². The molecule has 0 bridgehead atoms. The van der Waals surface area contributed by atoms with Gasteiger partial charge < -0.3 is 4.90 Å². The van der Waals surface area contributed by atoms with E-state index in [0.717, 1.165) is 11.1 Å². The Hall–Kier alpha value is -2.36. The van der Waals surface area contributed by atoms with Crippen molar-refractivity contribution in [2.75, 3.05) is 19.4 Å². The Morgan fingerprint density at radius 1 is 1.06 bits per heavy atom. The number of rotatable bonds is 2. The Bertz CT molecular complexity index is 520. The van der Waals surface area contributed by atoms with Gasteiger partial charge in [0.1, 0.15) is 5.82 Å². The molecule has 4 heteroatoms. The lowest BCUT2D eigenvalue weighted by Gasteiger charge is -2.11. The Morgan fingerprint density at radius 3 is 2.33 bits per heavy atom. The van der Waals surface area contributed by atoms with Gasteiger partial charge in [-0.1, -0.05) is 30.3 Å². The van der Waals surface area contributed by atoms with Crippen LogP contribution in [-0.4, -0.2) is 30.0 Å². The van der Waals surface area contributed by atoms with Crippen molar-refractivity contribution in [3.8, 4) is 11.1 Å². The lowest BCUT2D eigenvalue weighted by Crippen LogP contribution is -2.27. The molecule has 0 fully saturated rings. The Labute approximate surface area is 106 Å². The highest BCUT2D eigenvalue weighted by Gasteiger charge is 2.04. The van der Waals surface area contributed by atoms with Crippen molar-refractivity contribution >= 4 is 11.8 Å². The first-order chi connectivity index (χ1) is 8.66. The van der Waals surface area contributed by atoms with E-state index in [9.17, 15) is 4.79 Å². The highest BCUT2D eigenvalue weighted by atomic mass is 16.2. The zero-order valence-electron chi connectivity index (χ0n) is 10.4. The number of hydrogen-bond acceptors (Lipinski definition) is 2. The second kappa shape index (κ2) is 5.31. The number of nitrogens with zero attached hydrogens (tertiary/aromatic N) is 2. The van der Waals surface area contributed by atoms with Crippen LogP contribution in [0.2, 0.25) is 0 Å². The van der Waals surface area contributed by atoms with Crippen molar-refractivity contribution in [2.24, 2.45) is 0 Å². The summed E-state index contributed by atoms with van der Waals surface area (Å²) in [5.41, 5.74) is 2.13. The molecule has 0 saturated carbocycles. The van der Waals surface area contributed by atoms with Crippen LogP contribution in [0.1, 0.15) is 0 Å². The number of amides is 2. The minimum Gasteiger partial charge on any atom is -0.331 e. The number of nitrogens with one attached hydrogen (secondary N) is 1. The van der Waals surface area contributed by atoms with Gasteiger partial charge in [0.25, 0.3) is 0 Å². The normalized spacial score (nSPS) is 9.89. The average molecular weight is 241 g/mol. The van der Waals surface area contributed by atoms with Crippen molar-refractivity contribution in [3.05, 3.63) is 48.7 Å². The Balaban J connectivity index is 2.13. The summed E-state index contributed by atoms with van der Waals surface area (Å²) in [4.78, 5) is 17.1. The smallest absolute Gasteiger partial charge is 0.322 e. The molecular weight excluding hydrogens is 226 g/mol. The quantitative estimate of drug-likeness (QED) is 0.878. The van der Waals surface area contributed by atoms with Gasteiger partial charge in [0.05, 0.1) is 0 Å². The monoisotopic (exact) mass is 241 g/mol. The van der Waals surface area contributed by atoms with E-state index in [1.54, 1.807) is 26.4 Å². The fraction of sp³-hybridized carbons (Fsp3) is 0.143. The molecule has 0 unspecified atom stereocenters. The van der Waals surface area contributed by atoms with Gasteiger partial charge in [0.2, 0.25) is 0 Å². The van der Waals surface area contributed by atoms with Gasteiger partial charge in [-0.2, -0.15) is 0 Å². The first kappa shape index (κ1) is 12.1. The van der Waals surface area contributed by atoms with E-state index in [0.29, 0.717) is 5.82 Å². The topological polar surface area (TPSA) is 45.2 Å². The lowest BCUT2D eigenvalue weighted by molar-refractivity contribution is 0.230. The summed E-state index contributed by atoms with van der Waals surface area (Å²) in [7, 11) is 3.38. The van der Waals surface area contributed by atoms with Gasteiger partial charge >= 0.3 is 6.03 Å². The maximum atomic E-state index is 11.4. The number of pyridine rings is 1. The number of carbonyl (C=O) groups excluding carboxylic acids is 1. The molecule has 18 heavy (non-hydrogen) atoms. The van der Waals surface area contributed by atoms with Gasteiger partial charge in [-0.25, -0.2) is 9.78 Å². The van der Waals surface area contributed by atoms with Crippen molar-refractivity contribution in [1.29, 1.82) is 0 Å². The van der Waals surface area contributed by atoms with E-state index >= 15 is 0 Å². The largest absolute Gasteiger partial charge is 0.331 e. The molecule has 92 valence electrons. The first-order valence-corrected chi connectivity index (χ1v) is 5.66. The fourth-order valence-corrected chi connectivity index (χ4v) is 1.49. The van der Waals surface area contributed by atoms with Crippen LogP contribution in [0.25, 0.3) is 11.1 Å². The van der Waals surface area contributed by atoms with Gasteiger partial charge in [-0.05, 0) is 17.7 Å². The number of benzene rings is 1. The van der Waals surface area contributed by atoms with E-state index in [-0.39, 0.29) is 6.03 Å². The van der Waals surface area contributed by atoms with Crippen molar-refractivity contribution in [2.45, 2.75) is 0 Å². The molecule has 0 atom stereocenters. The summed E-state index contributed by atoms with van der Waals surface area (Å²) in [6.07, 6.45) is 1.75. The van der Waals surface area contributed by atoms with Crippen LogP contribution in [0, 0.1) is 0 Å². The van der Waals surface area contributed by atoms with E-state index < -0.39 is 0 Å². The van der Waals surface area contributed by atoms with Crippen LogP contribution in [0.4, 0.5) is 10.6 Å². The predicted octanol–water partition coefficient (Wildman–Crippen LogP) is 2.84. The van der Waals surface area contributed by atoms with Crippen LogP contribution < -0.4 is 5.32 Å². The molecule has 1 heterocycles. The standard InChI is InChI=1S/C14H15N3O/c1-17(2)14(18)16-13-9-8-12(10-15-13)11-6-4-3-5-7-11/h3-10H,1-2H3,(H,15,16,18). The SMILES string of the molecule is CN(C)C(=O)Nc1ccc(-c2ccccc2)cn1. The molecule has 0 radical (unpaired) electrons. The van der Waals surface area contributed by atoms with E-state index in [1.165, 1.54) is 4.90 Å².